The third-order valence-corrected chi connectivity index (χ3v) is 5.26. The molecular formula is C22H28N6O. The van der Waals surface area contributed by atoms with Crippen molar-refractivity contribution in [3.8, 4) is 11.5 Å². The summed E-state index contributed by atoms with van der Waals surface area (Å²) in [6.07, 6.45) is 6.89. The standard InChI is InChI=1S/C22H28N6O/c1-4-23-22(28-10-9-18(14-28)19-11-25-27(3)13-19)24-12-20-15-29-21(26-20)17-7-5-16(2)6-8-17/h5-8,11,13,15,18H,4,9-10,12,14H2,1-3H3,(H,23,24). The molecule has 0 spiro atoms. The van der Waals surface area contributed by atoms with Gasteiger partial charge in [-0.15, -0.1) is 0 Å². The van der Waals surface area contributed by atoms with Crippen molar-refractivity contribution in [2.75, 3.05) is 19.6 Å². The lowest BCUT2D eigenvalue weighted by atomic mass is 10.0. The molecule has 1 N–H and O–H groups in total. The van der Waals surface area contributed by atoms with Gasteiger partial charge in [0.05, 0.1) is 12.7 Å². The molecule has 1 unspecified atom stereocenters. The van der Waals surface area contributed by atoms with Crippen molar-refractivity contribution in [1.29, 1.82) is 0 Å². The smallest absolute Gasteiger partial charge is 0.226 e. The van der Waals surface area contributed by atoms with Crippen LogP contribution in [-0.4, -0.2) is 45.3 Å². The van der Waals surface area contributed by atoms with E-state index in [9.17, 15) is 0 Å². The minimum atomic E-state index is 0.492. The Kier molecular flexibility index (Phi) is 5.64. The topological polar surface area (TPSA) is 71.5 Å². The highest BCUT2D eigenvalue weighted by atomic mass is 16.3. The molecule has 1 aliphatic rings. The van der Waals surface area contributed by atoms with E-state index in [4.69, 9.17) is 9.41 Å². The quantitative estimate of drug-likeness (QED) is 0.533. The molecule has 7 heteroatoms. The Hall–Kier alpha value is -3.09. The zero-order chi connectivity index (χ0) is 20.2. The fourth-order valence-electron chi connectivity index (χ4n) is 3.67. The van der Waals surface area contributed by atoms with Crippen LogP contribution in [0.1, 0.15) is 36.1 Å². The van der Waals surface area contributed by atoms with Gasteiger partial charge in [0.1, 0.15) is 12.0 Å². The monoisotopic (exact) mass is 392 g/mol. The Bertz CT molecular complexity index is 971. The number of hydrogen-bond donors (Lipinski definition) is 1. The average molecular weight is 393 g/mol. The first-order chi connectivity index (χ1) is 14.1. The second-order valence-corrected chi connectivity index (χ2v) is 7.56. The number of likely N-dealkylation sites (tertiary alicyclic amines) is 1. The lowest BCUT2D eigenvalue weighted by molar-refractivity contribution is 0.485. The van der Waals surface area contributed by atoms with Crippen molar-refractivity contribution in [3.05, 3.63) is 59.7 Å². The predicted molar refractivity (Wildman–Crippen MR) is 114 cm³/mol. The van der Waals surface area contributed by atoms with Gasteiger partial charge in [0.2, 0.25) is 5.89 Å². The van der Waals surface area contributed by atoms with E-state index in [0.29, 0.717) is 18.4 Å². The molecule has 29 heavy (non-hydrogen) atoms. The fraction of sp³-hybridized carbons (Fsp3) is 0.409. The summed E-state index contributed by atoms with van der Waals surface area (Å²) in [6.45, 7) is 7.42. The third kappa shape index (κ3) is 4.50. The summed E-state index contributed by atoms with van der Waals surface area (Å²) >= 11 is 0. The van der Waals surface area contributed by atoms with Gasteiger partial charge in [0.25, 0.3) is 0 Å². The summed E-state index contributed by atoms with van der Waals surface area (Å²) in [7, 11) is 1.96. The number of benzene rings is 1. The van der Waals surface area contributed by atoms with Gasteiger partial charge in [-0.3, -0.25) is 4.68 Å². The summed E-state index contributed by atoms with van der Waals surface area (Å²) in [6, 6.07) is 8.18. The Balaban J connectivity index is 1.43. The van der Waals surface area contributed by atoms with E-state index in [1.807, 2.05) is 30.1 Å². The van der Waals surface area contributed by atoms with Crippen LogP contribution in [0.5, 0.6) is 0 Å². The molecule has 1 saturated heterocycles. The number of guanidine groups is 1. The Morgan fingerprint density at radius 1 is 1.31 bits per heavy atom. The molecule has 0 radical (unpaired) electrons. The van der Waals surface area contributed by atoms with Gasteiger partial charge in [-0.2, -0.15) is 5.10 Å². The number of nitrogens with zero attached hydrogens (tertiary/aromatic N) is 5. The average Bonchev–Trinajstić information content (AvgIpc) is 3.46. The van der Waals surface area contributed by atoms with Crippen LogP contribution in [0, 0.1) is 6.92 Å². The SMILES string of the molecule is CCNC(=NCc1coc(-c2ccc(C)cc2)n1)N1CCC(c2cnn(C)c2)C1. The molecule has 1 fully saturated rings. The first kappa shape index (κ1) is 19.2. The van der Waals surface area contributed by atoms with Crippen LogP contribution in [0.2, 0.25) is 0 Å². The van der Waals surface area contributed by atoms with Crippen molar-refractivity contribution in [2.24, 2.45) is 12.0 Å². The molecule has 2 aromatic heterocycles. The maximum atomic E-state index is 5.66. The Morgan fingerprint density at radius 2 is 2.14 bits per heavy atom. The second-order valence-electron chi connectivity index (χ2n) is 7.56. The van der Waals surface area contributed by atoms with E-state index in [-0.39, 0.29) is 0 Å². The van der Waals surface area contributed by atoms with Crippen LogP contribution in [-0.2, 0) is 13.6 Å². The van der Waals surface area contributed by atoms with Crippen molar-refractivity contribution >= 4 is 5.96 Å². The van der Waals surface area contributed by atoms with Crippen molar-refractivity contribution in [2.45, 2.75) is 32.7 Å². The van der Waals surface area contributed by atoms with E-state index in [2.05, 4.69) is 52.5 Å². The molecule has 1 atom stereocenters. The molecule has 7 nitrogen and oxygen atoms in total. The van der Waals surface area contributed by atoms with Gasteiger partial charge >= 0.3 is 0 Å². The molecule has 1 aromatic carbocycles. The van der Waals surface area contributed by atoms with Gasteiger partial charge in [-0.05, 0) is 38.0 Å². The molecule has 3 aromatic rings. The van der Waals surface area contributed by atoms with Crippen LogP contribution in [0.4, 0.5) is 0 Å². The number of nitrogens with one attached hydrogen (secondary N) is 1. The Labute approximate surface area is 171 Å². The lowest BCUT2D eigenvalue weighted by Gasteiger charge is -2.21. The van der Waals surface area contributed by atoms with E-state index < -0.39 is 0 Å². The largest absolute Gasteiger partial charge is 0.444 e. The highest BCUT2D eigenvalue weighted by Gasteiger charge is 2.27. The van der Waals surface area contributed by atoms with Gasteiger partial charge in [0, 0.05) is 44.4 Å². The summed E-state index contributed by atoms with van der Waals surface area (Å²) in [5.41, 5.74) is 4.33. The molecular weight excluding hydrogens is 364 g/mol. The maximum absolute atomic E-state index is 5.66. The number of hydrogen-bond acceptors (Lipinski definition) is 4. The van der Waals surface area contributed by atoms with Crippen LogP contribution in [0.3, 0.4) is 0 Å². The van der Waals surface area contributed by atoms with E-state index in [1.54, 1.807) is 6.26 Å². The highest BCUT2D eigenvalue weighted by Crippen LogP contribution is 2.27. The lowest BCUT2D eigenvalue weighted by Crippen LogP contribution is -2.40. The number of aromatic nitrogens is 3. The number of rotatable bonds is 5. The highest BCUT2D eigenvalue weighted by molar-refractivity contribution is 5.80. The van der Waals surface area contributed by atoms with Gasteiger partial charge in [0.15, 0.2) is 5.96 Å². The second kappa shape index (κ2) is 8.51. The van der Waals surface area contributed by atoms with Gasteiger partial charge in [-0.1, -0.05) is 17.7 Å². The molecule has 152 valence electrons. The normalized spacial score (nSPS) is 17.1. The number of aryl methyl sites for hydroxylation is 2. The third-order valence-electron chi connectivity index (χ3n) is 5.26. The number of oxazole rings is 1. The first-order valence-corrected chi connectivity index (χ1v) is 10.2. The predicted octanol–water partition coefficient (Wildman–Crippen LogP) is 3.34. The Morgan fingerprint density at radius 3 is 2.86 bits per heavy atom. The molecule has 0 amide bonds. The van der Waals surface area contributed by atoms with Gasteiger partial charge < -0.3 is 14.6 Å². The zero-order valence-electron chi connectivity index (χ0n) is 17.3. The van der Waals surface area contributed by atoms with Crippen LogP contribution < -0.4 is 5.32 Å². The van der Waals surface area contributed by atoms with Crippen molar-refractivity contribution in [1.82, 2.24) is 25.0 Å². The molecule has 3 heterocycles. The zero-order valence-corrected chi connectivity index (χ0v) is 17.3. The summed E-state index contributed by atoms with van der Waals surface area (Å²) < 4.78 is 7.53. The number of aliphatic imine (C=N–C) groups is 1. The van der Waals surface area contributed by atoms with E-state index in [0.717, 1.165) is 43.3 Å². The van der Waals surface area contributed by atoms with Crippen LogP contribution in [0.25, 0.3) is 11.5 Å². The summed E-state index contributed by atoms with van der Waals surface area (Å²) in [4.78, 5) is 11.7. The summed E-state index contributed by atoms with van der Waals surface area (Å²) in [5, 5.41) is 7.72. The van der Waals surface area contributed by atoms with Crippen molar-refractivity contribution < 1.29 is 4.42 Å². The fourth-order valence-corrected chi connectivity index (χ4v) is 3.67. The van der Waals surface area contributed by atoms with Crippen LogP contribution in [0.15, 0.2) is 52.3 Å². The molecule has 0 bridgehead atoms. The minimum absolute atomic E-state index is 0.492. The maximum Gasteiger partial charge on any atom is 0.226 e. The molecule has 4 rings (SSSR count). The van der Waals surface area contributed by atoms with Gasteiger partial charge in [-0.25, -0.2) is 9.98 Å². The van der Waals surface area contributed by atoms with E-state index in [1.165, 1.54) is 11.1 Å². The summed E-state index contributed by atoms with van der Waals surface area (Å²) in [5.74, 6) is 2.06. The molecule has 0 saturated carbocycles. The molecule has 1 aliphatic heterocycles. The molecule has 0 aliphatic carbocycles. The van der Waals surface area contributed by atoms with Crippen molar-refractivity contribution in [3.63, 3.8) is 0 Å². The minimum Gasteiger partial charge on any atom is -0.444 e. The van der Waals surface area contributed by atoms with Crippen LogP contribution >= 0.6 is 0 Å². The van der Waals surface area contributed by atoms with E-state index >= 15 is 0 Å². The first-order valence-electron chi connectivity index (χ1n) is 10.2.